The third kappa shape index (κ3) is 3.39. The summed E-state index contributed by atoms with van der Waals surface area (Å²) < 4.78 is 0. The minimum absolute atomic E-state index is 0.0188. The Labute approximate surface area is 103 Å². The number of azide groups is 4. The predicted octanol–water partition coefficient (Wildman–Crippen LogP) is 4.11. The van der Waals surface area contributed by atoms with Crippen molar-refractivity contribution in [1.29, 1.82) is 0 Å². The van der Waals surface area contributed by atoms with Gasteiger partial charge in [-0.3, -0.25) is 0 Å². The Morgan fingerprint density at radius 1 is 0.789 bits per heavy atom. The fourth-order valence-corrected chi connectivity index (χ4v) is 1.03. The summed E-state index contributed by atoms with van der Waals surface area (Å²) in [5.74, 6) is -0.901. The van der Waals surface area contributed by atoms with E-state index in [-0.39, 0.29) is 23.7 Å². The molecule has 14 heteroatoms. The van der Waals surface area contributed by atoms with Crippen molar-refractivity contribution in [1.82, 2.24) is 9.97 Å². The highest BCUT2D eigenvalue weighted by Gasteiger charge is 2.11. The van der Waals surface area contributed by atoms with E-state index < -0.39 is 5.95 Å². The maximum Gasteiger partial charge on any atom is 0.217 e. The Morgan fingerprint density at radius 3 is 1.74 bits per heavy atom. The molecule has 0 unspecified atom stereocenters. The summed E-state index contributed by atoms with van der Waals surface area (Å²) in [7, 11) is 0. The molecular formula is C5H2N14. The summed E-state index contributed by atoms with van der Waals surface area (Å²) >= 11 is 0. The Bertz CT molecular complexity index is 637. The Balaban J connectivity index is 3.62. The quantitative estimate of drug-likeness (QED) is 0.431. The molecule has 0 saturated heterocycles. The van der Waals surface area contributed by atoms with Crippen LogP contribution in [0.2, 0.25) is 0 Å². The second-order valence-electron chi connectivity index (χ2n) is 2.61. The van der Waals surface area contributed by atoms with Gasteiger partial charge in [-0.05, 0) is 37.5 Å². The second kappa shape index (κ2) is 6.81. The van der Waals surface area contributed by atoms with Crippen LogP contribution in [0.4, 0.5) is 17.6 Å². The molecule has 1 heterocycles. The van der Waals surface area contributed by atoms with E-state index in [1.54, 1.807) is 0 Å². The van der Waals surface area contributed by atoms with Gasteiger partial charge in [0.15, 0.2) is 0 Å². The van der Waals surface area contributed by atoms with Crippen molar-refractivity contribution in [2.45, 2.75) is 6.54 Å². The van der Waals surface area contributed by atoms with Gasteiger partial charge >= 0.3 is 0 Å². The zero-order valence-corrected chi connectivity index (χ0v) is 8.97. The van der Waals surface area contributed by atoms with E-state index in [2.05, 4.69) is 50.1 Å². The molecule has 0 radical (unpaired) electrons. The van der Waals surface area contributed by atoms with Crippen LogP contribution in [-0.2, 0) is 6.54 Å². The molecule has 14 nitrogen and oxygen atoms in total. The molecule has 1 rings (SSSR count). The molecule has 0 spiro atoms. The first-order chi connectivity index (χ1) is 9.26. The van der Waals surface area contributed by atoms with Gasteiger partial charge in [0, 0.05) is 25.2 Å². The largest absolute Gasteiger partial charge is 0.225 e. The summed E-state index contributed by atoms with van der Waals surface area (Å²) in [5, 5.41) is 12.8. The van der Waals surface area contributed by atoms with Gasteiger partial charge < -0.3 is 0 Å². The fourth-order valence-electron chi connectivity index (χ4n) is 1.03. The lowest BCUT2D eigenvalue weighted by Gasteiger charge is -2.04. The van der Waals surface area contributed by atoms with Gasteiger partial charge in [-0.15, -0.1) is 0 Å². The fraction of sp³-hybridized carbons (Fsp3) is 0.200. The predicted molar refractivity (Wildman–Crippen MR) is 61.3 cm³/mol. The summed E-state index contributed by atoms with van der Waals surface area (Å²) in [5.41, 5.74) is 33.3. The van der Waals surface area contributed by atoms with E-state index in [0.717, 1.165) is 0 Å². The molecule has 92 valence electrons. The van der Waals surface area contributed by atoms with Gasteiger partial charge in [-0.1, -0.05) is 5.11 Å². The van der Waals surface area contributed by atoms with Crippen LogP contribution in [0.25, 0.3) is 41.8 Å². The third-order valence-electron chi connectivity index (χ3n) is 1.66. The van der Waals surface area contributed by atoms with Gasteiger partial charge in [0.1, 0.15) is 11.6 Å². The molecular weight excluding hydrogens is 256 g/mol. The van der Waals surface area contributed by atoms with Crippen LogP contribution in [0.3, 0.4) is 0 Å². The van der Waals surface area contributed by atoms with Crippen molar-refractivity contribution in [2.24, 2.45) is 20.5 Å². The molecule has 0 saturated carbocycles. The molecule has 0 fully saturated rings. The highest BCUT2D eigenvalue weighted by molar-refractivity contribution is 5.54. The van der Waals surface area contributed by atoms with Crippen molar-refractivity contribution in [3.8, 4) is 0 Å². The Morgan fingerprint density at radius 2 is 1.32 bits per heavy atom. The molecule has 0 aliphatic rings. The maximum atomic E-state index is 8.40. The number of hydrogen-bond donors (Lipinski definition) is 0. The molecule has 0 aliphatic heterocycles. The van der Waals surface area contributed by atoms with E-state index in [4.69, 9.17) is 22.1 Å². The van der Waals surface area contributed by atoms with E-state index in [1.165, 1.54) is 0 Å². The maximum absolute atomic E-state index is 8.40. The van der Waals surface area contributed by atoms with E-state index in [1.807, 2.05) is 0 Å². The topological polar surface area (TPSA) is 221 Å². The number of rotatable bonds is 5. The van der Waals surface area contributed by atoms with Gasteiger partial charge in [0.05, 0.1) is 6.54 Å². The van der Waals surface area contributed by atoms with Crippen molar-refractivity contribution >= 4 is 17.6 Å². The lowest BCUT2D eigenvalue weighted by molar-refractivity contribution is 0.978. The SMILES string of the molecule is [N-]=[N+]=NCc1c(N=[N+]=[N-])nc(N=[N+]=[N-])nc1N=[N+]=[N-]. The van der Waals surface area contributed by atoms with Crippen molar-refractivity contribution in [2.75, 3.05) is 0 Å². The average Bonchev–Trinajstić information content (AvgIpc) is 2.39. The van der Waals surface area contributed by atoms with Crippen LogP contribution in [-0.4, -0.2) is 9.97 Å². The van der Waals surface area contributed by atoms with E-state index in [9.17, 15) is 0 Å². The van der Waals surface area contributed by atoms with Crippen LogP contribution < -0.4 is 0 Å². The number of nitrogens with zero attached hydrogens (tertiary/aromatic N) is 14. The minimum atomic E-state index is -0.392. The first-order valence-electron chi connectivity index (χ1n) is 4.34. The lowest BCUT2D eigenvalue weighted by atomic mass is 10.3. The minimum Gasteiger partial charge on any atom is -0.225 e. The molecule has 0 atom stereocenters. The normalized spacial score (nSPS) is 8.21. The standard InChI is InChI=1S/C5H2N14/c6-16-10-1-2-3(13-17-7)11-5(15-19-9)12-4(2)14-18-8/h1H2. The molecule has 0 aliphatic carbocycles. The van der Waals surface area contributed by atoms with Gasteiger partial charge in [0.25, 0.3) is 0 Å². The lowest BCUT2D eigenvalue weighted by Crippen LogP contribution is -1.91. The third-order valence-corrected chi connectivity index (χ3v) is 1.66. The van der Waals surface area contributed by atoms with E-state index >= 15 is 0 Å². The van der Waals surface area contributed by atoms with Crippen molar-refractivity contribution < 1.29 is 0 Å². The summed E-state index contributed by atoms with van der Waals surface area (Å²) in [6.07, 6.45) is 0. The van der Waals surface area contributed by atoms with E-state index in [0.29, 0.717) is 0 Å². The highest BCUT2D eigenvalue weighted by Crippen LogP contribution is 2.29. The Hall–Kier alpha value is -3.68. The molecule has 0 bridgehead atoms. The zero-order valence-electron chi connectivity index (χ0n) is 8.97. The summed E-state index contributed by atoms with van der Waals surface area (Å²) in [6, 6.07) is 0. The summed E-state index contributed by atoms with van der Waals surface area (Å²) in [4.78, 5) is 17.2. The average molecular weight is 258 g/mol. The van der Waals surface area contributed by atoms with Crippen LogP contribution in [0.5, 0.6) is 0 Å². The van der Waals surface area contributed by atoms with Gasteiger partial charge in [-0.2, -0.15) is 0 Å². The molecule has 1 aromatic rings. The molecule has 19 heavy (non-hydrogen) atoms. The monoisotopic (exact) mass is 258 g/mol. The molecule has 0 N–H and O–H groups in total. The Kier molecular flexibility index (Phi) is 4.80. The van der Waals surface area contributed by atoms with Crippen molar-refractivity contribution in [3.05, 3.63) is 47.3 Å². The van der Waals surface area contributed by atoms with Gasteiger partial charge in [0.2, 0.25) is 5.95 Å². The number of hydrogen-bond acceptors (Lipinski definition) is 6. The highest BCUT2D eigenvalue weighted by atomic mass is 15.3. The second-order valence-corrected chi connectivity index (χ2v) is 2.61. The molecule has 1 aromatic heterocycles. The molecule has 0 amide bonds. The smallest absolute Gasteiger partial charge is 0.217 e. The molecule has 0 aromatic carbocycles. The summed E-state index contributed by atoms with van der Waals surface area (Å²) in [6.45, 7) is -0.296. The zero-order chi connectivity index (χ0) is 14.1. The van der Waals surface area contributed by atoms with Crippen molar-refractivity contribution in [3.63, 3.8) is 0 Å². The number of aromatic nitrogens is 2. The first-order valence-corrected chi connectivity index (χ1v) is 4.34. The van der Waals surface area contributed by atoms with Gasteiger partial charge in [-0.25, -0.2) is 9.97 Å². The van der Waals surface area contributed by atoms with Crippen LogP contribution in [0.15, 0.2) is 20.5 Å². The van der Waals surface area contributed by atoms with Crippen LogP contribution in [0, 0.1) is 0 Å². The van der Waals surface area contributed by atoms with Crippen LogP contribution >= 0.6 is 0 Å². The van der Waals surface area contributed by atoms with Crippen LogP contribution in [0.1, 0.15) is 5.56 Å². The first kappa shape index (κ1) is 13.4.